The molecule has 0 spiro atoms. The Kier molecular flexibility index (Phi) is 6.93. The summed E-state index contributed by atoms with van der Waals surface area (Å²) in [5.74, 6) is 3.82. The second-order valence-electron chi connectivity index (χ2n) is 13.2. The topological polar surface area (TPSA) is 43.4 Å². The molecule has 3 nitrogen and oxygen atoms in total. The standard InChI is InChI=1S/C30H48O3/c1-18(2)19(3)8-9-20(4)25-12-13-26-24-11-10-22-16-23(33-21(5)31)14-15-29(22,6)28(24)27(32)17-30(25,26)7/h18-20,22-23,25,28H,8-17H2,1-7H3. The van der Waals surface area contributed by atoms with E-state index in [0.717, 1.165) is 50.4 Å². The molecule has 0 N–H and O–H groups in total. The first-order chi connectivity index (χ1) is 15.5. The third kappa shape index (κ3) is 4.36. The van der Waals surface area contributed by atoms with Crippen LogP contribution in [0.2, 0.25) is 0 Å². The fourth-order valence-electron chi connectivity index (χ4n) is 8.64. The predicted octanol–water partition coefficient (Wildman–Crippen LogP) is 7.53. The minimum atomic E-state index is -0.166. The van der Waals surface area contributed by atoms with Crippen LogP contribution in [0.3, 0.4) is 0 Å². The molecule has 4 rings (SSSR count). The number of hydrogen-bond acceptors (Lipinski definition) is 3. The fraction of sp³-hybridized carbons (Fsp3) is 0.867. The Labute approximate surface area is 202 Å². The van der Waals surface area contributed by atoms with Crippen molar-refractivity contribution in [3.05, 3.63) is 11.1 Å². The maximum absolute atomic E-state index is 13.9. The van der Waals surface area contributed by atoms with Crippen LogP contribution in [0.1, 0.15) is 113 Å². The van der Waals surface area contributed by atoms with Gasteiger partial charge in [0.25, 0.3) is 0 Å². The smallest absolute Gasteiger partial charge is 0.302 e. The Morgan fingerprint density at radius 1 is 1.06 bits per heavy atom. The van der Waals surface area contributed by atoms with Gasteiger partial charge in [-0.1, -0.05) is 65.5 Å². The highest BCUT2D eigenvalue weighted by atomic mass is 16.5. The SMILES string of the molecule is CC(=O)OC1CCC2(C)C(CCC3=C4CCC(C(C)CCC(C)C(C)C)C4(C)CC(=O)C32)C1. The lowest BCUT2D eigenvalue weighted by atomic mass is 9.48. The Morgan fingerprint density at radius 3 is 2.45 bits per heavy atom. The Hall–Kier alpha value is -1.12. The maximum Gasteiger partial charge on any atom is 0.302 e. The molecular formula is C30H48O3. The fourth-order valence-corrected chi connectivity index (χ4v) is 8.64. The molecule has 0 aromatic carbocycles. The van der Waals surface area contributed by atoms with Crippen molar-refractivity contribution in [3.8, 4) is 0 Å². The molecule has 0 heterocycles. The lowest BCUT2D eigenvalue weighted by molar-refractivity contribution is -0.154. The van der Waals surface area contributed by atoms with Crippen molar-refractivity contribution in [2.45, 2.75) is 119 Å². The van der Waals surface area contributed by atoms with Crippen LogP contribution in [0.25, 0.3) is 0 Å². The molecule has 3 saturated carbocycles. The van der Waals surface area contributed by atoms with E-state index in [9.17, 15) is 9.59 Å². The first kappa shape index (κ1) is 25.0. The van der Waals surface area contributed by atoms with Crippen LogP contribution < -0.4 is 0 Å². The molecular weight excluding hydrogens is 408 g/mol. The molecule has 3 heteroatoms. The second-order valence-corrected chi connectivity index (χ2v) is 13.2. The molecule has 0 aromatic heterocycles. The van der Waals surface area contributed by atoms with Crippen LogP contribution in [0.15, 0.2) is 11.1 Å². The number of Topliss-reactive ketones (excluding diaryl/α,β-unsaturated/α-hetero) is 1. The summed E-state index contributed by atoms with van der Waals surface area (Å²) in [6, 6.07) is 0. The van der Waals surface area contributed by atoms with Crippen molar-refractivity contribution in [1.29, 1.82) is 0 Å². The van der Waals surface area contributed by atoms with Gasteiger partial charge in [0.2, 0.25) is 0 Å². The van der Waals surface area contributed by atoms with E-state index in [1.54, 1.807) is 11.1 Å². The number of hydrogen-bond donors (Lipinski definition) is 0. The van der Waals surface area contributed by atoms with Gasteiger partial charge in [-0.15, -0.1) is 0 Å². The molecule has 0 aliphatic heterocycles. The highest BCUT2D eigenvalue weighted by molar-refractivity contribution is 5.88. The van der Waals surface area contributed by atoms with Crippen molar-refractivity contribution in [2.24, 2.45) is 46.3 Å². The van der Waals surface area contributed by atoms with Gasteiger partial charge in [0, 0.05) is 19.3 Å². The average molecular weight is 457 g/mol. The number of carbonyl (C=O) groups excluding carboxylic acids is 2. The Balaban J connectivity index is 1.55. The number of ketones is 1. The Bertz CT molecular complexity index is 809. The molecule has 4 aliphatic carbocycles. The van der Waals surface area contributed by atoms with Gasteiger partial charge >= 0.3 is 5.97 Å². The summed E-state index contributed by atoms with van der Waals surface area (Å²) in [5, 5.41) is 0. The van der Waals surface area contributed by atoms with E-state index >= 15 is 0 Å². The number of fused-ring (bicyclic) bond motifs is 4. The highest BCUT2D eigenvalue weighted by Gasteiger charge is 2.59. The van der Waals surface area contributed by atoms with Crippen molar-refractivity contribution < 1.29 is 14.3 Å². The van der Waals surface area contributed by atoms with E-state index in [1.165, 1.54) is 32.6 Å². The van der Waals surface area contributed by atoms with Gasteiger partial charge in [0.1, 0.15) is 11.9 Å². The number of ether oxygens (including phenoxy) is 1. The van der Waals surface area contributed by atoms with Crippen LogP contribution in [0.5, 0.6) is 0 Å². The van der Waals surface area contributed by atoms with Crippen molar-refractivity contribution in [2.75, 3.05) is 0 Å². The molecule has 33 heavy (non-hydrogen) atoms. The average Bonchev–Trinajstić information content (AvgIpc) is 3.07. The lowest BCUT2D eigenvalue weighted by Gasteiger charge is -2.56. The molecule has 8 atom stereocenters. The van der Waals surface area contributed by atoms with Gasteiger partial charge in [0.15, 0.2) is 0 Å². The van der Waals surface area contributed by atoms with E-state index < -0.39 is 0 Å². The molecule has 3 fully saturated rings. The van der Waals surface area contributed by atoms with E-state index in [4.69, 9.17) is 4.74 Å². The van der Waals surface area contributed by atoms with Gasteiger partial charge in [0.05, 0.1) is 0 Å². The molecule has 0 aromatic rings. The summed E-state index contributed by atoms with van der Waals surface area (Å²) in [7, 11) is 0. The summed E-state index contributed by atoms with van der Waals surface area (Å²) in [4.78, 5) is 25.4. The lowest BCUT2D eigenvalue weighted by Crippen LogP contribution is -2.52. The van der Waals surface area contributed by atoms with Gasteiger partial charge in [-0.3, -0.25) is 9.59 Å². The van der Waals surface area contributed by atoms with Gasteiger partial charge < -0.3 is 4.74 Å². The summed E-state index contributed by atoms with van der Waals surface area (Å²) in [6.45, 7) is 15.9. The molecule has 0 radical (unpaired) electrons. The quantitative estimate of drug-likeness (QED) is 0.306. The van der Waals surface area contributed by atoms with E-state index in [-0.39, 0.29) is 28.8 Å². The normalized spacial score (nSPS) is 40.2. The van der Waals surface area contributed by atoms with Crippen molar-refractivity contribution in [3.63, 3.8) is 0 Å². The van der Waals surface area contributed by atoms with E-state index in [2.05, 4.69) is 41.5 Å². The molecule has 0 amide bonds. The molecule has 4 aliphatic rings. The molecule has 186 valence electrons. The summed E-state index contributed by atoms with van der Waals surface area (Å²) in [5.41, 5.74) is 3.36. The zero-order valence-electron chi connectivity index (χ0n) is 22.3. The van der Waals surface area contributed by atoms with Gasteiger partial charge in [-0.05, 0) is 85.4 Å². The largest absolute Gasteiger partial charge is 0.463 e. The van der Waals surface area contributed by atoms with Crippen LogP contribution in [0, 0.1) is 46.3 Å². The highest BCUT2D eigenvalue weighted by Crippen LogP contribution is 2.65. The third-order valence-corrected chi connectivity index (χ3v) is 11.0. The Morgan fingerprint density at radius 2 is 1.79 bits per heavy atom. The summed E-state index contributed by atoms with van der Waals surface area (Å²) in [6.07, 6.45) is 10.9. The third-order valence-electron chi connectivity index (χ3n) is 11.0. The van der Waals surface area contributed by atoms with Gasteiger partial charge in [-0.2, -0.15) is 0 Å². The minimum Gasteiger partial charge on any atom is -0.463 e. The number of esters is 1. The monoisotopic (exact) mass is 456 g/mol. The first-order valence-electron chi connectivity index (χ1n) is 13.9. The molecule has 0 saturated heterocycles. The number of carbonyl (C=O) groups is 2. The number of rotatable bonds is 6. The maximum atomic E-state index is 13.9. The second kappa shape index (κ2) is 9.15. The zero-order chi connectivity index (χ0) is 24.1. The van der Waals surface area contributed by atoms with E-state index in [1.807, 2.05) is 0 Å². The summed E-state index contributed by atoms with van der Waals surface area (Å²) >= 11 is 0. The molecule has 0 bridgehead atoms. The van der Waals surface area contributed by atoms with Crippen molar-refractivity contribution >= 4 is 11.8 Å². The minimum absolute atomic E-state index is 0.0451. The van der Waals surface area contributed by atoms with Gasteiger partial charge in [-0.25, -0.2) is 0 Å². The van der Waals surface area contributed by atoms with Crippen LogP contribution in [-0.2, 0) is 14.3 Å². The first-order valence-corrected chi connectivity index (χ1v) is 13.9. The van der Waals surface area contributed by atoms with Crippen LogP contribution in [0.4, 0.5) is 0 Å². The predicted molar refractivity (Wildman–Crippen MR) is 134 cm³/mol. The molecule has 8 unspecified atom stereocenters. The van der Waals surface area contributed by atoms with E-state index in [0.29, 0.717) is 23.5 Å². The summed E-state index contributed by atoms with van der Waals surface area (Å²) < 4.78 is 5.59. The van der Waals surface area contributed by atoms with Crippen LogP contribution >= 0.6 is 0 Å². The van der Waals surface area contributed by atoms with Crippen molar-refractivity contribution in [1.82, 2.24) is 0 Å². The number of allylic oxidation sites excluding steroid dienone is 2. The zero-order valence-corrected chi connectivity index (χ0v) is 22.3. The van der Waals surface area contributed by atoms with Crippen LogP contribution in [-0.4, -0.2) is 17.9 Å².